The Morgan fingerprint density at radius 1 is 0.840 bits per heavy atom. The summed E-state index contributed by atoms with van der Waals surface area (Å²) in [6.45, 7) is 0.821. The van der Waals surface area contributed by atoms with Gasteiger partial charge in [-0.2, -0.15) is 0 Å². The number of halogens is 5. The Morgan fingerprint density at radius 3 is 2.04 bits per heavy atom. The molecular weight excluding hydrogens is 365 g/mol. The Labute approximate surface area is 146 Å². The molecule has 0 rings (SSSR count). The predicted molar refractivity (Wildman–Crippen MR) is 93.2 cm³/mol. The number of rotatable bonds is 15. The standard InChI is InChI=1S/C16H30F5NO2S/c17-25(18,19,20,21)15-11-7-3-1-2-4-8-12-16(24)22-13-9-5-6-10-14-23/h11,15,23H,1-10,12-14H2,(H,22,24)/b15-11+. The first kappa shape index (κ1) is 24.2. The van der Waals surface area contributed by atoms with Crippen LogP contribution in [0.4, 0.5) is 19.4 Å². The quantitative estimate of drug-likeness (QED) is 0.256. The van der Waals surface area contributed by atoms with Crippen LogP contribution in [0, 0.1) is 0 Å². The summed E-state index contributed by atoms with van der Waals surface area (Å²) >= 11 is 0. The molecule has 0 spiro atoms. The Bertz CT molecular complexity index is 411. The van der Waals surface area contributed by atoms with Crippen LogP contribution in [-0.4, -0.2) is 24.2 Å². The van der Waals surface area contributed by atoms with Crippen LogP contribution in [0.25, 0.3) is 0 Å². The van der Waals surface area contributed by atoms with Gasteiger partial charge >= 0.3 is 10.2 Å². The first-order valence-corrected chi connectivity index (χ1v) is 10.7. The van der Waals surface area contributed by atoms with Crippen molar-refractivity contribution in [1.29, 1.82) is 0 Å². The third-order valence-electron chi connectivity index (χ3n) is 3.54. The molecular formula is C16H30F5NO2S. The molecule has 0 radical (unpaired) electrons. The van der Waals surface area contributed by atoms with E-state index in [0.29, 0.717) is 38.3 Å². The van der Waals surface area contributed by atoms with Crippen molar-refractivity contribution in [2.75, 3.05) is 13.2 Å². The molecule has 25 heavy (non-hydrogen) atoms. The Hall–Kier alpha value is -0.830. The van der Waals surface area contributed by atoms with Gasteiger partial charge in [0, 0.05) is 19.6 Å². The van der Waals surface area contributed by atoms with Gasteiger partial charge in [0.15, 0.2) is 0 Å². The number of aliphatic hydroxyl groups is 1. The number of unbranched alkanes of at least 4 members (excludes halogenated alkanes) is 8. The molecule has 0 aliphatic heterocycles. The van der Waals surface area contributed by atoms with Gasteiger partial charge in [-0.3, -0.25) is 4.79 Å². The zero-order valence-electron chi connectivity index (χ0n) is 14.5. The molecule has 0 unspecified atom stereocenters. The van der Waals surface area contributed by atoms with Crippen LogP contribution in [0.3, 0.4) is 0 Å². The van der Waals surface area contributed by atoms with Crippen LogP contribution in [0.5, 0.6) is 0 Å². The van der Waals surface area contributed by atoms with Crippen molar-refractivity contribution in [3.8, 4) is 0 Å². The summed E-state index contributed by atoms with van der Waals surface area (Å²) in [6, 6.07) is 0. The molecule has 0 saturated heterocycles. The van der Waals surface area contributed by atoms with E-state index < -0.39 is 15.6 Å². The smallest absolute Gasteiger partial charge is 0.304 e. The first-order chi connectivity index (χ1) is 11.4. The number of aliphatic hydroxyl groups excluding tert-OH is 1. The molecule has 0 atom stereocenters. The average Bonchev–Trinajstić information content (AvgIpc) is 2.46. The van der Waals surface area contributed by atoms with E-state index >= 15 is 0 Å². The Kier molecular flexibility index (Phi) is 10.0. The van der Waals surface area contributed by atoms with Crippen molar-refractivity contribution in [3.05, 3.63) is 11.5 Å². The zero-order valence-corrected chi connectivity index (χ0v) is 15.3. The van der Waals surface area contributed by atoms with E-state index in [-0.39, 0.29) is 18.9 Å². The highest BCUT2D eigenvalue weighted by Crippen LogP contribution is 2.98. The van der Waals surface area contributed by atoms with Gasteiger partial charge in [0.25, 0.3) is 0 Å². The molecule has 1 amide bonds. The minimum atomic E-state index is -9.40. The van der Waals surface area contributed by atoms with E-state index in [1.807, 2.05) is 0 Å². The third-order valence-corrected chi connectivity index (χ3v) is 4.24. The molecule has 0 saturated carbocycles. The number of carbonyl (C=O) groups excluding carboxylic acids is 1. The van der Waals surface area contributed by atoms with E-state index in [9.17, 15) is 24.2 Å². The van der Waals surface area contributed by atoms with Crippen molar-refractivity contribution < 1.29 is 29.3 Å². The van der Waals surface area contributed by atoms with Crippen LogP contribution in [-0.2, 0) is 4.79 Å². The molecule has 0 aliphatic rings. The molecule has 0 aromatic rings. The van der Waals surface area contributed by atoms with E-state index in [2.05, 4.69) is 5.32 Å². The van der Waals surface area contributed by atoms with Gasteiger partial charge in [-0.15, -0.1) is 0 Å². The number of allylic oxidation sites excluding steroid dienone is 1. The van der Waals surface area contributed by atoms with Gasteiger partial charge in [0.2, 0.25) is 5.91 Å². The second-order valence-electron chi connectivity index (χ2n) is 6.19. The van der Waals surface area contributed by atoms with Crippen molar-refractivity contribution in [1.82, 2.24) is 5.32 Å². The third kappa shape index (κ3) is 21.1. The van der Waals surface area contributed by atoms with E-state index in [4.69, 9.17) is 5.11 Å². The van der Waals surface area contributed by atoms with E-state index in [1.165, 1.54) is 0 Å². The SMILES string of the molecule is O=C(CCCCCCC/C=C/S(F)(F)(F)(F)F)NCCCCCCO. The van der Waals surface area contributed by atoms with Gasteiger partial charge < -0.3 is 10.4 Å². The Balaban J connectivity index is 3.47. The Morgan fingerprint density at radius 2 is 1.40 bits per heavy atom. The maximum atomic E-state index is 12.0. The van der Waals surface area contributed by atoms with E-state index in [0.717, 1.165) is 38.5 Å². The molecule has 3 nitrogen and oxygen atoms in total. The monoisotopic (exact) mass is 395 g/mol. The largest absolute Gasteiger partial charge is 0.396 e. The zero-order chi connectivity index (χ0) is 19.3. The van der Waals surface area contributed by atoms with Crippen molar-refractivity contribution in [2.45, 2.75) is 70.6 Å². The fourth-order valence-electron chi connectivity index (χ4n) is 2.23. The maximum absolute atomic E-state index is 12.0. The van der Waals surface area contributed by atoms with Crippen LogP contribution in [0.15, 0.2) is 11.5 Å². The molecule has 0 aromatic carbocycles. The van der Waals surface area contributed by atoms with Crippen LogP contribution in [0.2, 0.25) is 0 Å². The van der Waals surface area contributed by atoms with Crippen molar-refractivity contribution in [2.24, 2.45) is 0 Å². The highest BCUT2D eigenvalue weighted by Gasteiger charge is 2.60. The first-order valence-electron chi connectivity index (χ1n) is 8.73. The van der Waals surface area contributed by atoms with Crippen LogP contribution < -0.4 is 5.32 Å². The number of hydrogen-bond acceptors (Lipinski definition) is 2. The summed E-state index contributed by atoms with van der Waals surface area (Å²) in [4.78, 5) is 11.5. The lowest BCUT2D eigenvalue weighted by atomic mass is 10.1. The minimum Gasteiger partial charge on any atom is -0.396 e. The summed E-state index contributed by atoms with van der Waals surface area (Å²) in [5.41, 5.74) is 0. The summed E-state index contributed by atoms with van der Waals surface area (Å²) < 4.78 is 60.0. The second kappa shape index (κ2) is 10.4. The molecule has 0 aromatic heterocycles. The topological polar surface area (TPSA) is 49.3 Å². The molecule has 9 heteroatoms. The van der Waals surface area contributed by atoms with Gasteiger partial charge in [-0.25, -0.2) is 0 Å². The predicted octanol–water partition coefficient (Wildman–Crippen LogP) is 6.20. The molecule has 0 heterocycles. The molecule has 2 N–H and O–H groups in total. The number of hydrogen-bond donors (Lipinski definition) is 2. The number of carbonyl (C=O) groups is 1. The van der Waals surface area contributed by atoms with Crippen LogP contribution >= 0.6 is 10.2 Å². The minimum absolute atomic E-state index is 0.0130. The molecule has 0 bridgehead atoms. The number of amides is 1. The molecule has 0 fully saturated rings. The maximum Gasteiger partial charge on any atom is 0.304 e. The van der Waals surface area contributed by atoms with E-state index in [1.54, 1.807) is 0 Å². The highest BCUT2D eigenvalue weighted by atomic mass is 32.5. The summed E-state index contributed by atoms with van der Waals surface area (Å²) in [5, 5.41) is 10.6. The average molecular weight is 395 g/mol. The van der Waals surface area contributed by atoms with Gasteiger partial charge in [0.1, 0.15) is 0 Å². The van der Waals surface area contributed by atoms with Gasteiger partial charge in [-0.05, 0) is 32.1 Å². The highest BCUT2D eigenvalue weighted by molar-refractivity contribution is 8.48. The van der Waals surface area contributed by atoms with Crippen molar-refractivity contribution >= 4 is 16.1 Å². The van der Waals surface area contributed by atoms with Gasteiger partial charge in [0.05, 0.1) is 5.41 Å². The summed E-state index contributed by atoms with van der Waals surface area (Å²) in [6.07, 6.45) is 7.80. The van der Waals surface area contributed by atoms with Crippen molar-refractivity contribution in [3.63, 3.8) is 0 Å². The molecule has 152 valence electrons. The van der Waals surface area contributed by atoms with Crippen LogP contribution in [0.1, 0.15) is 70.6 Å². The molecule has 0 aliphatic carbocycles. The lowest BCUT2D eigenvalue weighted by Gasteiger charge is -2.36. The lowest BCUT2D eigenvalue weighted by Crippen LogP contribution is -2.23. The second-order valence-corrected chi connectivity index (χ2v) is 8.52. The summed E-state index contributed by atoms with van der Waals surface area (Å²) in [7, 11) is -9.40. The fourth-order valence-corrected chi connectivity index (χ4v) is 2.73. The number of nitrogens with one attached hydrogen (secondary N) is 1. The lowest BCUT2D eigenvalue weighted by molar-refractivity contribution is -0.121. The summed E-state index contributed by atoms with van der Waals surface area (Å²) in [5.74, 6) is -0.0130. The fraction of sp³-hybridized carbons (Fsp3) is 0.812. The normalized spacial score (nSPS) is 15.1. The van der Waals surface area contributed by atoms with Gasteiger partial charge in [-0.1, -0.05) is 57.6 Å².